The number of carboxylic acids is 2. The van der Waals surface area contributed by atoms with E-state index in [4.69, 9.17) is 52.5 Å². The Hall–Kier alpha value is -9.10. The Morgan fingerprint density at radius 3 is 0.808 bits per heavy atom. The topological polar surface area (TPSA) is 439 Å². The third-order valence-corrected chi connectivity index (χ3v) is 25.7. The predicted molar refractivity (Wildman–Crippen MR) is 494 cm³/mol. The minimum atomic E-state index is -1.14. The van der Waals surface area contributed by atoms with Gasteiger partial charge in [0, 0.05) is 128 Å². The number of esters is 4. The first-order valence-corrected chi connectivity index (χ1v) is 46.4. The molecule has 5 atom stereocenters. The van der Waals surface area contributed by atoms with Gasteiger partial charge in [0.05, 0.1) is 52.9 Å². The van der Waals surface area contributed by atoms with Gasteiger partial charge < -0.3 is 93.3 Å². The van der Waals surface area contributed by atoms with E-state index in [0.29, 0.717) is 158 Å². The molecule has 5 aromatic rings. The summed E-state index contributed by atoms with van der Waals surface area (Å²) in [6.07, 6.45) is 15.8. The normalized spacial score (nSPS) is 19.5. The van der Waals surface area contributed by atoms with Crippen molar-refractivity contribution in [1.82, 2.24) is 0 Å². The number of unbranched alkanes of at least 4 members (excludes halogenated alkanes) is 12. The molecule has 690 valence electrons. The van der Waals surface area contributed by atoms with Gasteiger partial charge >= 0.3 is 35.8 Å². The molecule has 0 unspecified atom stereocenters. The lowest BCUT2D eigenvalue weighted by molar-refractivity contribution is -0.148. The summed E-state index contributed by atoms with van der Waals surface area (Å²) in [5.41, 5.74) is -2.24. The van der Waals surface area contributed by atoms with Crippen LogP contribution in [0.3, 0.4) is 0 Å². The van der Waals surface area contributed by atoms with E-state index < -0.39 is 39.6 Å². The molecule has 0 amide bonds. The average molecular weight is 1840 g/mol. The van der Waals surface area contributed by atoms with E-state index in [1.807, 2.05) is 6.07 Å². The van der Waals surface area contributed by atoms with E-state index in [1.54, 1.807) is 136 Å². The highest BCUT2D eigenvalue weighted by molar-refractivity contribution is 8.16. The lowest BCUT2D eigenvalue weighted by atomic mass is 10.1. The van der Waals surface area contributed by atoms with Crippen molar-refractivity contribution < 1.29 is 122 Å². The highest BCUT2D eigenvalue weighted by Crippen LogP contribution is 2.42. The first-order valence-electron chi connectivity index (χ1n) is 41.4. The third-order valence-electron chi connectivity index (χ3n) is 19.2. The Balaban J connectivity index is 0.000000278. The second-order valence-electron chi connectivity index (χ2n) is 30.2. The number of ether oxygens (including phenoxy) is 10. The highest BCUT2D eigenvalue weighted by atomic mass is 32.2. The number of methoxy groups -OCH3 is 2. The molecule has 9 N–H and O–H groups in total. The second kappa shape index (κ2) is 54.2. The number of phenolic OH excluding ortho intramolecular Hbond substituents is 6. The van der Waals surface area contributed by atoms with E-state index >= 15 is 0 Å². The number of thioether (sulfide) groups is 5. The van der Waals surface area contributed by atoms with Crippen molar-refractivity contribution in [2.24, 2.45) is 25.0 Å². The number of benzene rings is 5. The molecule has 0 spiro atoms. The lowest BCUT2D eigenvalue weighted by Crippen LogP contribution is -2.35. The van der Waals surface area contributed by atoms with Gasteiger partial charge in [-0.15, -0.1) is 58.8 Å². The van der Waals surface area contributed by atoms with Crippen molar-refractivity contribution in [1.29, 1.82) is 0 Å². The van der Waals surface area contributed by atoms with Gasteiger partial charge in [0.1, 0.15) is 82.7 Å². The second-order valence-corrected chi connectivity index (χ2v) is 35.0. The van der Waals surface area contributed by atoms with E-state index in [1.165, 1.54) is 83.9 Å². The summed E-state index contributed by atoms with van der Waals surface area (Å²) in [4.78, 5) is 91.0. The molecule has 0 aromatic heterocycles. The van der Waals surface area contributed by atoms with Gasteiger partial charge in [-0.3, -0.25) is 29.8 Å². The van der Waals surface area contributed by atoms with E-state index in [-0.39, 0.29) is 72.4 Å². The van der Waals surface area contributed by atoms with Crippen LogP contribution in [0.4, 0.5) is 0 Å². The molecule has 5 heterocycles. The zero-order chi connectivity index (χ0) is 90.9. The molecular weight excluding hydrogens is 1710 g/mol. The summed E-state index contributed by atoms with van der Waals surface area (Å²) in [5.74, 6) is 1.53. The van der Waals surface area contributed by atoms with Crippen molar-refractivity contribution in [3.8, 4) is 57.5 Å². The van der Waals surface area contributed by atoms with Crippen LogP contribution in [0.15, 0.2) is 116 Å². The first kappa shape index (κ1) is 106. The molecule has 0 saturated heterocycles. The number of rotatable bonds is 44. The summed E-state index contributed by atoms with van der Waals surface area (Å²) >= 11 is 6.92. The number of carbonyl (C=O) groups is 6. The van der Waals surface area contributed by atoms with Crippen molar-refractivity contribution in [2.75, 3.05) is 116 Å². The SMILES string of the molecule is C.CCOC(=O)[C@@]1(C)CSC(c2ccc(O)cc2O)=N1.CCOC(=O)[C@@]1(C)CSC(c2ccc(OCCCCCCOC(C)=O)cc2O)=N1.CCOC(=O)[C@@]1(C)CSC(c2ccc(OCCCCCCOC)cc2O)=N1.COCCCCCCOc1ccc(C2=N[C@@](C)(C(=O)O)CS2)c(O)c1.C[C@]1(C(=O)O)CSC(c2ccc(OCCCCCCO)cc2O)=N1. The number of carbonyl (C=O) groups excluding carboxylic acids is 4. The zero-order valence-corrected chi connectivity index (χ0v) is 76.7. The molecule has 0 saturated carbocycles. The maximum absolute atomic E-state index is 12.1. The van der Waals surface area contributed by atoms with Crippen LogP contribution in [-0.2, 0) is 57.2 Å². The van der Waals surface area contributed by atoms with E-state index in [0.717, 1.165) is 116 Å². The number of phenols is 6. The number of aliphatic hydroxyl groups excluding tert-OH is 1. The van der Waals surface area contributed by atoms with E-state index in [2.05, 4.69) is 25.0 Å². The van der Waals surface area contributed by atoms with Crippen molar-refractivity contribution in [3.63, 3.8) is 0 Å². The molecule has 0 aliphatic carbocycles. The number of hydrogen-bond donors (Lipinski definition) is 9. The molecule has 0 bridgehead atoms. The fourth-order valence-electron chi connectivity index (χ4n) is 11.9. The maximum atomic E-state index is 12.1. The number of aliphatic imine (C=N–C) groups is 5. The monoisotopic (exact) mass is 1840 g/mol. The number of hydrogen-bond acceptors (Lipinski definition) is 33. The van der Waals surface area contributed by atoms with Gasteiger partial charge in [-0.2, -0.15) is 0 Å². The summed E-state index contributed by atoms with van der Waals surface area (Å²) in [6.45, 7) is 20.6. The fraction of sp³-hybridized carbons (Fsp3) is 0.544. The molecule has 0 fully saturated rings. The van der Waals surface area contributed by atoms with Crippen LogP contribution in [-0.4, -0.2) is 250 Å². The molecule has 5 aromatic carbocycles. The number of aromatic hydroxyl groups is 6. The molecule has 10 rings (SSSR count). The smallest absolute Gasteiger partial charge is 0.334 e. The van der Waals surface area contributed by atoms with Crippen LogP contribution in [0.1, 0.15) is 200 Å². The van der Waals surface area contributed by atoms with Crippen molar-refractivity contribution >= 4 is 120 Å². The Kier molecular flexibility index (Phi) is 46.1. The number of carboxylic acid groups (broad SMARTS) is 2. The minimum Gasteiger partial charge on any atom is -0.508 e. The Labute approximate surface area is 754 Å². The molecule has 0 radical (unpaired) electrons. The Morgan fingerprint density at radius 2 is 0.576 bits per heavy atom. The van der Waals surface area contributed by atoms with Crippen LogP contribution in [0.2, 0.25) is 0 Å². The standard InChI is InChI=1S/C21H29NO6S.C20H29NO5S.C18H25NO5S.C17H23NO5S.C13H15NO4S.CH4/c1-4-26-20(25)21(3)14-29-19(22-21)17-10-9-16(13-18(17)24)28-12-8-6-5-7-11-27-15(2)23;1-4-25-19(23)20(2)14-27-18(21-20)16-10-9-15(13-17(16)22)26-12-8-6-5-7-11-24-3;1-18(17(21)22)12-25-16(19-18)14-8-7-13(11-15(14)20)24-10-6-4-3-5-9-23-2;1-17(16(21)22)11-24-15(18-17)13-7-6-12(10-14(13)20)23-9-5-3-2-4-8-19;1-3-18-12(17)13(2)7-19-11(14-13)9-5-4-8(15)6-10(9)16;/h9-10,13,24H,4-8,11-12,14H2,1-3H3;9-10,13,22H,4-8,11-12,14H2,1-3H3;7-8,11,20H,3-6,9-10,12H2,1-2H3,(H,21,22);6-7,10,19-20H,2-5,8-9,11H2,1H3,(H,21,22);4-6,15-16H,3,7H2,1-2H3;1H4/t21-;20-;18-;17-;13-;/m11111./s1. The fourth-order valence-corrected chi connectivity index (χ4v) is 17.9. The van der Waals surface area contributed by atoms with Crippen molar-refractivity contribution in [2.45, 2.75) is 200 Å². The quantitative estimate of drug-likeness (QED) is 0.00993. The number of nitrogens with zero attached hydrogens (tertiary/aromatic N) is 5. The molecular formula is C90H125N5O25S5. The predicted octanol–water partition coefficient (Wildman–Crippen LogP) is 16.0. The molecule has 125 heavy (non-hydrogen) atoms. The average Bonchev–Trinajstić information content (AvgIpc) is 1.67. The van der Waals surface area contributed by atoms with Crippen LogP contribution >= 0.6 is 58.8 Å². The molecule has 5 aliphatic rings. The maximum Gasteiger partial charge on any atom is 0.334 e. The van der Waals surface area contributed by atoms with Gasteiger partial charge in [0.25, 0.3) is 0 Å². The van der Waals surface area contributed by atoms with Crippen LogP contribution in [0.5, 0.6) is 57.5 Å². The Bertz CT molecular complexity index is 4490. The lowest BCUT2D eigenvalue weighted by Gasteiger charge is -2.16. The van der Waals surface area contributed by atoms with Gasteiger partial charge in [-0.1, -0.05) is 26.7 Å². The summed E-state index contributed by atoms with van der Waals surface area (Å²) in [7, 11) is 3.42. The van der Waals surface area contributed by atoms with Crippen LogP contribution in [0.25, 0.3) is 0 Å². The number of aliphatic hydroxyl groups is 1. The molecule has 35 heteroatoms. The van der Waals surface area contributed by atoms with Crippen LogP contribution in [0, 0.1) is 0 Å². The number of aliphatic carboxylic acids is 2. The van der Waals surface area contributed by atoms with Gasteiger partial charge in [0.2, 0.25) is 0 Å². The summed E-state index contributed by atoms with van der Waals surface area (Å²) in [5, 5.41) is 90.3. The molecule has 30 nitrogen and oxygen atoms in total. The van der Waals surface area contributed by atoms with E-state index in [9.17, 15) is 69.6 Å². The van der Waals surface area contributed by atoms with Gasteiger partial charge in [-0.25, -0.2) is 24.0 Å². The Morgan fingerprint density at radius 1 is 0.336 bits per heavy atom. The first-order chi connectivity index (χ1) is 59.2. The largest absolute Gasteiger partial charge is 0.508 e. The van der Waals surface area contributed by atoms with Gasteiger partial charge in [0.15, 0.2) is 27.7 Å². The zero-order valence-electron chi connectivity index (χ0n) is 72.6. The van der Waals surface area contributed by atoms with Crippen molar-refractivity contribution in [3.05, 3.63) is 119 Å². The minimum absolute atomic E-state index is 0. The highest BCUT2D eigenvalue weighted by Gasteiger charge is 2.44. The third kappa shape index (κ3) is 34.2. The van der Waals surface area contributed by atoms with Crippen LogP contribution < -0.4 is 18.9 Å². The summed E-state index contributed by atoms with van der Waals surface area (Å²) < 4.78 is 52.8. The van der Waals surface area contributed by atoms with Gasteiger partial charge in [-0.05, 0) is 200 Å². The summed E-state index contributed by atoms with van der Waals surface area (Å²) in [6, 6.07) is 24.7. The molecule has 5 aliphatic heterocycles.